The van der Waals surface area contributed by atoms with Crippen LogP contribution in [0.3, 0.4) is 0 Å². The lowest BCUT2D eigenvalue weighted by atomic mass is 9.77. The fourth-order valence-electron chi connectivity index (χ4n) is 4.11. The van der Waals surface area contributed by atoms with Crippen LogP contribution in [0.2, 0.25) is 0 Å². The van der Waals surface area contributed by atoms with E-state index in [0.717, 1.165) is 11.3 Å². The number of carbonyl (C=O) groups excluding carboxylic acids is 1. The van der Waals surface area contributed by atoms with Gasteiger partial charge in [-0.1, -0.05) is 24.3 Å². The molecule has 2 saturated heterocycles. The molecule has 0 radical (unpaired) electrons. The maximum Gasteiger partial charge on any atom is 0.310 e. The van der Waals surface area contributed by atoms with Crippen LogP contribution < -0.4 is 4.90 Å². The van der Waals surface area contributed by atoms with Crippen LogP contribution >= 0.6 is 0 Å². The predicted octanol–water partition coefficient (Wildman–Crippen LogP) is 1.12. The van der Waals surface area contributed by atoms with E-state index < -0.39 is 29.5 Å². The average molecular weight is 328 g/mol. The van der Waals surface area contributed by atoms with Gasteiger partial charge in [-0.15, -0.1) is 0 Å². The summed E-state index contributed by atoms with van der Waals surface area (Å²) in [5.74, 6) is -2.46. The summed E-state index contributed by atoms with van der Waals surface area (Å²) in [5, 5.41) is 9.47. The summed E-state index contributed by atoms with van der Waals surface area (Å²) in [6, 6.07) is 8.02. The maximum absolute atomic E-state index is 12.8. The second-order valence-corrected chi connectivity index (χ2v) is 6.99. The van der Waals surface area contributed by atoms with Crippen molar-refractivity contribution in [2.45, 2.75) is 18.2 Å². The number of amides is 1. The third-order valence-corrected chi connectivity index (χ3v) is 5.29. The molecule has 3 aliphatic rings. The van der Waals surface area contributed by atoms with E-state index in [4.69, 9.17) is 4.74 Å². The van der Waals surface area contributed by atoms with E-state index in [0.29, 0.717) is 13.1 Å². The first-order chi connectivity index (χ1) is 11.4. The third-order valence-electron chi connectivity index (χ3n) is 5.29. The van der Waals surface area contributed by atoms with Gasteiger partial charge in [-0.2, -0.15) is 0 Å². The van der Waals surface area contributed by atoms with E-state index >= 15 is 0 Å². The number of hydrogen-bond donors (Lipinski definition) is 1. The van der Waals surface area contributed by atoms with Gasteiger partial charge in [-0.05, 0) is 17.7 Å². The van der Waals surface area contributed by atoms with Crippen molar-refractivity contribution in [2.75, 3.05) is 25.5 Å². The second-order valence-electron chi connectivity index (χ2n) is 6.99. The summed E-state index contributed by atoms with van der Waals surface area (Å²) in [6.45, 7) is 0.891. The minimum Gasteiger partial charge on any atom is -0.481 e. The molecule has 0 unspecified atom stereocenters. The van der Waals surface area contributed by atoms with Crippen LogP contribution in [0.4, 0.5) is 5.69 Å². The molecule has 1 amide bonds. The number of nitrogens with zero attached hydrogens (tertiary/aromatic N) is 2. The number of carboxylic acids is 1. The Morgan fingerprint density at radius 2 is 2.08 bits per heavy atom. The Kier molecular flexibility index (Phi) is 3.22. The molecule has 1 aromatic rings. The van der Waals surface area contributed by atoms with Crippen LogP contribution in [-0.4, -0.2) is 54.2 Å². The molecule has 2 bridgehead atoms. The molecule has 126 valence electrons. The number of carbonyl (C=O) groups is 2. The monoisotopic (exact) mass is 328 g/mol. The summed E-state index contributed by atoms with van der Waals surface area (Å²) in [7, 11) is 3.96. The van der Waals surface area contributed by atoms with Gasteiger partial charge in [0.2, 0.25) is 5.91 Å². The molecule has 4 atom stereocenters. The molecule has 6 nitrogen and oxygen atoms in total. The third kappa shape index (κ3) is 2.06. The van der Waals surface area contributed by atoms with Crippen LogP contribution in [0, 0.1) is 11.8 Å². The first-order valence-corrected chi connectivity index (χ1v) is 8.06. The molecule has 0 aliphatic carbocycles. The summed E-state index contributed by atoms with van der Waals surface area (Å²) in [6.07, 6.45) is 3.20. The van der Waals surface area contributed by atoms with Gasteiger partial charge in [-0.3, -0.25) is 9.59 Å². The van der Waals surface area contributed by atoms with Crippen LogP contribution in [0.1, 0.15) is 5.56 Å². The van der Waals surface area contributed by atoms with E-state index in [1.54, 1.807) is 11.0 Å². The molecule has 3 aliphatic heterocycles. The van der Waals surface area contributed by atoms with Gasteiger partial charge in [0.05, 0.1) is 18.6 Å². The number of ether oxygens (including phenoxy) is 1. The van der Waals surface area contributed by atoms with Gasteiger partial charge in [0.25, 0.3) is 0 Å². The van der Waals surface area contributed by atoms with Crippen molar-refractivity contribution < 1.29 is 19.4 Å². The Morgan fingerprint density at radius 3 is 2.71 bits per heavy atom. The average Bonchev–Trinajstić information content (AvgIpc) is 3.16. The lowest BCUT2D eigenvalue weighted by molar-refractivity contribution is -0.148. The smallest absolute Gasteiger partial charge is 0.310 e. The van der Waals surface area contributed by atoms with Gasteiger partial charge in [-0.25, -0.2) is 0 Å². The topological polar surface area (TPSA) is 70.1 Å². The van der Waals surface area contributed by atoms with Crippen LogP contribution in [0.25, 0.3) is 0 Å². The van der Waals surface area contributed by atoms with E-state index in [1.807, 2.05) is 49.3 Å². The fraction of sp³-hybridized carbons (Fsp3) is 0.444. The highest BCUT2D eigenvalue weighted by atomic mass is 16.5. The molecule has 1 spiro atoms. The zero-order chi connectivity index (χ0) is 17.1. The van der Waals surface area contributed by atoms with Gasteiger partial charge < -0.3 is 19.6 Å². The Hall–Kier alpha value is -2.34. The van der Waals surface area contributed by atoms with Crippen LogP contribution in [0.15, 0.2) is 36.4 Å². The van der Waals surface area contributed by atoms with E-state index in [-0.39, 0.29) is 5.91 Å². The van der Waals surface area contributed by atoms with Gasteiger partial charge in [0.15, 0.2) is 0 Å². The molecular weight excluding hydrogens is 308 g/mol. The molecular formula is C18H20N2O4. The molecule has 0 aromatic heterocycles. The maximum atomic E-state index is 12.8. The Bertz CT molecular complexity index is 727. The first kappa shape index (κ1) is 15.2. The normalized spacial score (nSPS) is 33.2. The molecule has 24 heavy (non-hydrogen) atoms. The number of benzene rings is 1. The van der Waals surface area contributed by atoms with E-state index in [9.17, 15) is 14.7 Å². The number of aliphatic carboxylic acids is 1. The predicted molar refractivity (Wildman–Crippen MR) is 87.5 cm³/mol. The van der Waals surface area contributed by atoms with E-state index in [1.165, 1.54) is 0 Å². The first-order valence-electron chi connectivity index (χ1n) is 8.06. The Morgan fingerprint density at radius 1 is 1.38 bits per heavy atom. The summed E-state index contributed by atoms with van der Waals surface area (Å²) >= 11 is 0. The minimum absolute atomic E-state index is 0.120. The molecule has 6 heteroatoms. The highest BCUT2D eigenvalue weighted by Crippen LogP contribution is 2.52. The quantitative estimate of drug-likeness (QED) is 0.839. The zero-order valence-electron chi connectivity index (χ0n) is 13.7. The van der Waals surface area contributed by atoms with Crippen LogP contribution in [-0.2, 0) is 20.9 Å². The number of anilines is 1. The highest BCUT2D eigenvalue weighted by Gasteiger charge is 2.66. The SMILES string of the molecule is CN(C)c1ccc(CN2C[C@@]34C=C[C@@H](O3)[C@H](C(=O)O)[C@@H]4C2=O)cc1. The molecule has 1 aromatic carbocycles. The number of likely N-dealkylation sites (tertiary alicyclic amines) is 1. The number of carboxylic acid groups (broad SMARTS) is 1. The Labute approximate surface area is 140 Å². The van der Waals surface area contributed by atoms with Crippen molar-refractivity contribution >= 4 is 17.6 Å². The molecule has 4 rings (SSSR count). The standard InChI is InChI=1S/C18H20N2O4/c1-19(2)12-5-3-11(4-6-12)9-20-10-18-8-7-13(24-18)14(17(22)23)15(18)16(20)21/h3-8,13-15H,9-10H2,1-2H3,(H,22,23)/t13-,14+,15-,18-/m1/s1. The lowest BCUT2D eigenvalue weighted by Gasteiger charge is -2.21. The van der Waals surface area contributed by atoms with Gasteiger partial charge in [0.1, 0.15) is 11.5 Å². The number of rotatable bonds is 4. The minimum atomic E-state index is -0.957. The summed E-state index contributed by atoms with van der Waals surface area (Å²) in [4.78, 5) is 28.1. The highest BCUT2D eigenvalue weighted by molar-refractivity contribution is 5.90. The van der Waals surface area contributed by atoms with Crippen molar-refractivity contribution in [3.8, 4) is 0 Å². The molecule has 2 fully saturated rings. The largest absolute Gasteiger partial charge is 0.481 e. The molecule has 0 saturated carbocycles. The summed E-state index contributed by atoms with van der Waals surface area (Å²) < 4.78 is 5.89. The Balaban J connectivity index is 1.55. The number of hydrogen-bond acceptors (Lipinski definition) is 4. The van der Waals surface area contributed by atoms with Crippen molar-refractivity contribution in [3.63, 3.8) is 0 Å². The van der Waals surface area contributed by atoms with Gasteiger partial charge in [0, 0.05) is 26.3 Å². The zero-order valence-corrected chi connectivity index (χ0v) is 13.7. The van der Waals surface area contributed by atoms with Gasteiger partial charge >= 0.3 is 5.97 Å². The van der Waals surface area contributed by atoms with E-state index in [2.05, 4.69) is 0 Å². The number of fused-ring (bicyclic) bond motifs is 1. The lowest BCUT2D eigenvalue weighted by Crippen LogP contribution is -2.39. The van der Waals surface area contributed by atoms with Crippen molar-refractivity contribution in [1.29, 1.82) is 0 Å². The van der Waals surface area contributed by atoms with Crippen molar-refractivity contribution in [2.24, 2.45) is 11.8 Å². The summed E-state index contributed by atoms with van der Waals surface area (Å²) in [5.41, 5.74) is 1.36. The molecule has 1 N–H and O–H groups in total. The van der Waals surface area contributed by atoms with Crippen LogP contribution in [0.5, 0.6) is 0 Å². The van der Waals surface area contributed by atoms with Crippen molar-refractivity contribution in [3.05, 3.63) is 42.0 Å². The van der Waals surface area contributed by atoms with Crippen molar-refractivity contribution in [1.82, 2.24) is 4.90 Å². The molecule has 3 heterocycles. The second kappa shape index (κ2) is 5.08. The fourth-order valence-corrected chi connectivity index (χ4v) is 4.11.